The lowest BCUT2D eigenvalue weighted by molar-refractivity contribution is -0.120. The number of aromatic amines is 1. The van der Waals surface area contributed by atoms with E-state index in [9.17, 15) is 9.59 Å². The quantitative estimate of drug-likeness (QED) is 0.522. The molecule has 1 aliphatic carbocycles. The van der Waals surface area contributed by atoms with Gasteiger partial charge in [0.2, 0.25) is 5.91 Å². The molecular formula is C22H26N4O2S2. The average Bonchev–Trinajstić information content (AvgIpc) is 3.30. The van der Waals surface area contributed by atoms with Crippen molar-refractivity contribution in [3.8, 4) is 0 Å². The summed E-state index contributed by atoms with van der Waals surface area (Å²) in [4.78, 5) is 36.4. The Hall–Kier alpha value is -2.32. The van der Waals surface area contributed by atoms with Gasteiger partial charge in [-0.2, -0.15) is 11.8 Å². The Morgan fingerprint density at radius 1 is 1.33 bits per heavy atom. The summed E-state index contributed by atoms with van der Waals surface area (Å²) < 4.78 is 0. The van der Waals surface area contributed by atoms with E-state index >= 15 is 0 Å². The molecule has 30 heavy (non-hydrogen) atoms. The van der Waals surface area contributed by atoms with Crippen LogP contribution in [-0.2, 0) is 29.9 Å². The molecule has 3 aromatic rings. The summed E-state index contributed by atoms with van der Waals surface area (Å²) in [5.74, 6) is 2.01. The van der Waals surface area contributed by atoms with E-state index in [2.05, 4.69) is 21.4 Å². The number of anilines is 1. The van der Waals surface area contributed by atoms with Gasteiger partial charge in [-0.25, -0.2) is 4.98 Å². The van der Waals surface area contributed by atoms with E-state index in [0.717, 1.165) is 40.7 Å². The van der Waals surface area contributed by atoms with Crippen molar-refractivity contribution < 1.29 is 4.79 Å². The Labute approximate surface area is 184 Å². The number of benzene rings is 1. The minimum absolute atomic E-state index is 0.0207. The number of H-pyrrole nitrogens is 1. The van der Waals surface area contributed by atoms with E-state index in [4.69, 9.17) is 0 Å². The first-order valence-electron chi connectivity index (χ1n) is 10.2. The second-order valence-electron chi connectivity index (χ2n) is 7.69. The molecular weight excluding hydrogens is 416 g/mol. The number of rotatable bonds is 8. The van der Waals surface area contributed by atoms with Crippen LogP contribution < -0.4 is 15.8 Å². The van der Waals surface area contributed by atoms with Gasteiger partial charge < -0.3 is 15.2 Å². The molecule has 2 N–H and O–H groups in total. The molecule has 0 spiro atoms. The molecule has 0 atom stereocenters. The highest BCUT2D eigenvalue weighted by Gasteiger charge is 2.21. The molecule has 8 heteroatoms. The summed E-state index contributed by atoms with van der Waals surface area (Å²) in [6, 6.07) is 8.13. The number of nitrogens with zero attached hydrogens (tertiary/aromatic N) is 2. The van der Waals surface area contributed by atoms with Crippen molar-refractivity contribution >= 4 is 44.9 Å². The highest BCUT2D eigenvalue weighted by Crippen LogP contribution is 2.34. The van der Waals surface area contributed by atoms with Crippen LogP contribution >= 0.6 is 23.1 Å². The molecule has 6 nitrogen and oxygen atoms in total. The van der Waals surface area contributed by atoms with Gasteiger partial charge in [-0.15, -0.1) is 11.3 Å². The van der Waals surface area contributed by atoms with E-state index < -0.39 is 0 Å². The molecule has 1 aliphatic rings. The summed E-state index contributed by atoms with van der Waals surface area (Å²) in [6.45, 7) is 0.528. The summed E-state index contributed by atoms with van der Waals surface area (Å²) >= 11 is 3.27. The van der Waals surface area contributed by atoms with Crippen LogP contribution in [0.15, 0.2) is 29.1 Å². The number of amides is 1. The van der Waals surface area contributed by atoms with Gasteiger partial charge in [-0.05, 0) is 42.5 Å². The molecule has 4 rings (SSSR count). The van der Waals surface area contributed by atoms with Crippen molar-refractivity contribution in [2.75, 3.05) is 24.7 Å². The smallest absolute Gasteiger partial charge is 0.259 e. The number of nitrogens with one attached hydrogen (secondary N) is 2. The fraction of sp³-hybridized carbons (Fsp3) is 0.409. The van der Waals surface area contributed by atoms with Crippen molar-refractivity contribution in [3.05, 3.63) is 56.4 Å². The van der Waals surface area contributed by atoms with Gasteiger partial charge in [0.15, 0.2) is 0 Å². The van der Waals surface area contributed by atoms with Crippen LogP contribution in [-0.4, -0.2) is 35.7 Å². The van der Waals surface area contributed by atoms with Gasteiger partial charge in [0.1, 0.15) is 10.7 Å². The predicted molar refractivity (Wildman–Crippen MR) is 126 cm³/mol. The first-order valence-corrected chi connectivity index (χ1v) is 12.1. The SMILES string of the molecule is CN(C)c1cccc(CNC(=O)CCSCc2nc3sc4c(c3c(=O)[nH]2)CCC4)c1. The Bertz CT molecular complexity index is 1120. The fourth-order valence-corrected chi connectivity index (χ4v) is 5.77. The van der Waals surface area contributed by atoms with Gasteiger partial charge in [-0.3, -0.25) is 9.59 Å². The van der Waals surface area contributed by atoms with Crippen LogP contribution in [0.4, 0.5) is 5.69 Å². The first kappa shape index (κ1) is 20.9. The van der Waals surface area contributed by atoms with Gasteiger partial charge in [0, 0.05) is 43.4 Å². The largest absolute Gasteiger partial charge is 0.378 e. The topological polar surface area (TPSA) is 78.1 Å². The third-order valence-corrected chi connectivity index (χ3v) is 7.41. The molecule has 1 aromatic carbocycles. The molecule has 1 amide bonds. The third-order valence-electron chi connectivity index (χ3n) is 5.25. The van der Waals surface area contributed by atoms with Crippen LogP contribution in [0.1, 0.15) is 34.7 Å². The zero-order chi connectivity index (χ0) is 21.1. The van der Waals surface area contributed by atoms with Gasteiger partial charge in [0.05, 0.1) is 11.1 Å². The molecule has 0 aliphatic heterocycles. The fourth-order valence-electron chi connectivity index (χ4n) is 3.68. The van der Waals surface area contributed by atoms with E-state index in [0.29, 0.717) is 30.3 Å². The normalized spacial score (nSPS) is 12.9. The number of hydrogen-bond donors (Lipinski definition) is 2. The molecule has 0 unspecified atom stereocenters. The van der Waals surface area contributed by atoms with Crippen LogP contribution in [0, 0.1) is 0 Å². The molecule has 158 valence electrons. The average molecular weight is 443 g/mol. The van der Waals surface area contributed by atoms with Crippen LogP contribution in [0.5, 0.6) is 0 Å². The Morgan fingerprint density at radius 2 is 2.20 bits per heavy atom. The highest BCUT2D eigenvalue weighted by molar-refractivity contribution is 7.98. The number of hydrogen-bond acceptors (Lipinski definition) is 6. The third kappa shape index (κ3) is 4.70. The van der Waals surface area contributed by atoms with Crippen molar-refractivity contribution in [2.45, 2.75) is 38.0 Å². The molecule has 0 saturated carbocycles. The number of aromatic nitrogens is 2. The predicted octanol–water partition coefficient (Wildman–Crippen LogP) is 3.48. The second kappa shape index (κ2) is 9.22. The first-order chi connectivity index (χ1) is 14.5. The standard InChI is InChI=1S/C22H26N4O2S2/c1-26(2)15-6-3-5-14(11-15)12-23-19(27)9-10-29-13-18-24-21(28)20-16-7-4-8-17(16)30-22(20)25-18/h3,5-6,11H,4,7-10,12-13H2,1-2H3,(H,23,27)(H,24,25,28). The minimum atomic E-state index is -0.0207. The van der Waals surface area contributed by atoms with Crippen LogP contribution in [0.3, 0.4) is 0 Å². The van der Waals surface area contributed by atoms with E-state index in [1.54, 1.807) is 23.1 Å². The maximum atomic E-state index is 12.5. The zero-order valence-corrected chi connectivity index (χ0v) is 18.9. The Balaban J connectivity index is 1.24. The van der Waals surface area contributed by atoms with E-state index in [1.807, 2.05) is 37.2 Å². The summed E-state index contributed by atoms with van der Waals surface area (Å²) in [5.41, 5.74) is 3.38. The highest BCUT2D eigenvalue weighted by atomic mass is 32.2. The molecule has 0 radical (unpaired) electrons. The van der Waals surface area contributed by atoms with Crippen molar-refractivity contribution in [2.24, 2.45) is 0 Å². The minimum Gasteiger partial charge on any atom is -0.378 e. The number of aryl methyl sites for hydroxylation is 2. The number of fused-ring (bicyclic) bond motifs is 3. The van der Waals surface area contributed by atoms with E-state index in [-0.39, 0.29) is 11.5 Å². The number of carbonyl (C=O) groups is 1. The number of thioether (sulfide) groups is 1. The van der Waals surface area contributed by atoms with Gasteiger partial charge in [0.25, 0.3) is 5.56 Å². The summed E-state index contributed by atoms with van der Waals surface area (Å²) in [5, 5.41) is 3.77. The Kier molecular flexibility index (Phi) is 6.43. The van der Waals surface area contributed by atoms with Gasteiger partial charge >= 0.3 is 0 Å². The lowest BCUT2D eigenvalue weighted by Crippen LogP contribution is -2.23. The molecule has 0 saturated heterocycles. The van der Waals surface area contributed by atoms with Crippen molar-refractivity contribution in [1.29, 1.82) is 0 Å². The molecule has 0 bridgehead atoms. The lowest BCUT2D eigenvalue weighted by atomic mass is 10.2. The Morgan fingerprint density at radius 3 is 3.03 bits per heavy atom. The number of carbonyl (C=O) groups excluding carboxylic acids is 1. The van der Waals surface area contributed by atoms with Crippen molar-refractivity contribution in [3.63, 3.8) is 0 Å². The van der Waals surface area contributed by atoms with Gasteiger partial charge in [-0.1, -0.05) is 12.1 Å². The maximum Gasteiger partial charge on any atom is 0.259 e. The second-order valence-corrected chi connectivity index (χ2v) is 9.88. The molecule has 0 fully saturated rings. The lowest BCUT2D eigenvalue weighted by Gasteiger charge is -2.13. The monoisotopic (exact) mass is 442 g/mol. The summed E-state index contributed by atoms with van der Waals surface area (Å²) in [6.07, 6.45) is 3.63. The van der Waals surface area contributed by atoms with Crippen LogP contribution in [0.25, 0.3) is 10.2 Å². The van der Waals surface area contributed by atoms with Crippen molar-refractivity contribution in [1.82, 2.24) is 15.3 Å². The maximum absolute atomic E-state index is 12.5. The molecule has 2 aromatic heterocycles. The number of thiophene rings is 1. The van der Waals surface area contributed by atoms with E-state index in [1.165, 1.54) is 10.4 Å². The summed E-state index contributed by atoms with van der Waals surface area (Å²) in [7, 11) is 4.00. The van der Waals surface area contributed by atoms with Crippen LogP contribution in [0.2, 0.25) is 0 Å². The molecule has 2 heterocycles. The zero-order valence-electron chi connectivity index (χ0n) is 17.3.